The van der Waals surface area contributed by atoms with Gasteiger partial charge < -0.3 is 19.8 Å². The van der Waals surface area contributed by atoms with E-state index in [0.29, 0.717) is 30.0 Å². The summed E-state index contributed by atoms with van der Waals surface area (Å²) in [6.45, 7) is 0.480. The van der Waals surface area contributed by atoms with Gasteiger partial charge in [-0.1, -0.05) is 6.07 Å². The third-order valence-corrected chi connectivity index (χ3v) is 2.86. The van der Waals surface area contributed by atoms with Crippen molar-refractivity contribution >= 4 is 5.91 Å². The molecule has 0 spiro atoms. The molecule has 1 amide bonds. The van der Waals surface area contributed by atoms with Crippen LogP contribution in [0.1, 0.15) is 16.2 Å². The number of benzene rings is 1. The van der Waals surface area contributed by atoms with E-state index in [0.717, 1.165) is 5.82 Å². The molecule has 6 nitrogen and oxygen atoms in total. The number of carbonyl (C=O) groups excluding carboxylic acids is 1. The highest BCUT2D eigenvalue weighted by molar-refractivity contribution is 5.99. The number of hydrogen-bond donors (Lipinski definition) is 2. The first-order chi connectivity index (χ1) is 9.76. The van der Waals surface area contributed by atoms with Gasteiger partial charge in [0.25, 0.3) is 5.91 Å². The molecule has 0 saturated carbocycles. The van der Waals surface area contributed by atoms with Crippen LogP contribution in [0.4, 0.5) is 0 Å². The Morgan fingerprint density at radius 3 is 2.55 bits per heavy atom. The zero-order valence-corrected chi connectivity index (χ0v) is 11.5. The third-order valence-electron chi connectivity index (χ3n) is 2.86. The Balaban J connectivity index is 2.04. The van der Waals surface area contributed by atoms with Crippen LogP contribution in [-0.2, 0) is 6.42 Å². The van der Waals surface area contributed by atoms with Gasteiger partial charge in [-0.15, -0.1) is 0 Å². The van der Waals surface area contributed by atoms with Crippen LogP contribution in [0.5, 0.6) is 11.5 Å². The van der Waals surface area contributed by atoms with E-state index in [2.05, 4.69) is 15.3 Å². The van der Waals surface area contributed by atoms with Crippen LogP contribution in [0, 0.1) is 0 Å². The maximum Gasteiger partial charge on any atom is 0.258 e. The second-order valence-electron chi connectivity index (χ2n) is 4.08. The summed E-state index contributed by atoms with van der Waals surface area (Å²) in [4.78, 5) is 19.3. The molecule has 6 heteroatoms. The fourth-order valence-corrected chi connectivity index (χ4v) is 1.89. The van der Waals surface area contributed by atoms with Crippen molar-refractivity contribution in [2.45, 2.75) is 6.42 Å². The Morgan fingerprint density at radius 2 is 2.00 bits per heavy atom. The van der Waals surface area contributed by atoms with Crippen molar-refractivity contribution in [3.05, 3.63) is 42.0 Å². The molecule has 2 aromatic rings. The van der Waals surface area contributed by atoms with E-state index in [1.54, 1.807) is 30.6 Å². The van der Waals surface area contributed by atoms with Gasteiger partial charge in [-0.3, -0.25) is 4.79 Å². The number of methoxy groups -OCH3 is 2. The molecule has 0 fully saturated rings. The molecule has 106 valence electrons. The monoisotopic (exact) mass is 275 g/mol. The van der Waals surface area contributed by atoms with Gasteiger partial charge in [-0.05, 0) is 12.1 Å². The highest BCUT2D eigenvalue weighted by Crippen LogP contribution is 2.27. The maximum atomic E-state index is 12.2. The molecule has 0 atom stereocenters. The molecule has 0 aliphatic carbocycles. The lowest BCUT2D eigenvalue weighted by molar-refractivity contribution is 0.0947. The number of carbonyl (C=O) groups is 1. The first-order valence-electron chi connectivity index (χ1n) is 6.23. The standard InChI is InChI=1S/C14H17N3O3/c1-19-10-4-3-5-11(20-2)13(10)14(18)17-7-6-12-15-8-9-16-12/h3-5,8-9H,6-7H2,1-2H3,(H,15,16)(H,17,18). The summed E-state index contributed by atoms with van der Waals surface area (Å²) in [5.41, 5.74) is 0.400. The maximum absolute atomic E-state index is 12.2. The number of amides is 1. The van der Waals surface area contributed by atoms with Gasteiger partial charge in [0.1, 0.15) is 22.9 Å². The molecule has 2 rings (SSSR count). The minimum Gasteiger partial charge on any atom is -0.496 e. The lowest BCUT2D eigenvalue weighted by Crippen LogP contribution is -2.26. The van der Waals surface area contributed by atoms with Crippen LogP contribution in [0.2, 0.25) is 0 Å². The number of imidazole rings is 1. The summed E-state index contributed by atoms with van der Waals surface area (Å²) in [5.74, 6) is 1.57. The van der Waals surface area contributed by atoms with Gasteiger partial charge in [0.2, 0.25) is 0 Å². The van der Waals surface area contributed by atoms with Crippen LogP contribution in [0.25, 0.3) is 0 Å². The number of H-pyrrole nitrogens is 1. The van der Waals surface area contributed by atoms with Gasteiger partial charge in [-0.2, -0.15) is 0 Å². The van der Waals surface area contributed by atoms with Gasteiger partial charge >= 0.3 is 0 Å². The minimum atomic E-state index is -0.231. The lowest BCUT2D eigenvalue weighted by Gasteiger charge is -2.12. The zero-order chi connectivity index (χ0) is 14.4. The number of aromatic amines is 1. The van der Waals surface area contributed by atoms with Crippen molar-refractivity contribution < 1.29 is 14.3 Å². The van der Waals surface area contributed by atoms with E-state index >= 15 is 0 Å². The predicted octanol–water partition coefficient (Wildman–Crippen LogP) is 1.40. The molecular weight excluding hydrogens is 258 g/mol. The molecule has 0 aliphatic heterocycles. The second kappa shape index (κ2) is 6.60. The average Bonchev–Trinajstić information content (AvgIpc) is 2.99. The number of ether oxygens (including phenoxy) is 2. The molecule has 20 heavy (non-hydrogen) atoms. The van der Waals surface area contributed by atoms with Gasteiger partial charge in [0.05, 0.1) is 14.2 Å². The summed E-state index contributed by atoms with van der Waals surface area (Å²) >= 11 is 0. The summed E-state index contributed by atoms with van der Waals surface area (Å²) in [6, 6.07) is 5.23. The number of nitrogens with one attached hydrogen (secondary N) is 2. The Hall–Kier alpha value is -2.50. The smallest absolute Gasteiger partial charge is 0.258 e. The minimum absolute atomic E-state index is 0.231. The normalized spacial score (nSPS) is 10.1. The van der Waals surface area contributed by atoms with Gasteiger partial charge in [0.15, 0.2) is 0 Å². The van der Waals surface area contributed by atoms with Crippen molar-refractivity contribution in [1.29, 1.82) is 0 Å². The Bertz CT molecular complexity index is 545. The highest BCUT2D eigenvalue weighted by atomic mass is 16.5. The molecule has 0 unspecified atom stereocenters. The molecular formula is C14H17N3O3. The fourth-order valence-electron chi connectivity index (χ4n) is 1.89. The number of rotatable bonds is 6. The van der Waals surface area contributed by atoms with Crippen LogP contribution in [0.3, 0.4) is 0 Å². The van der Waals surface area contributed by atoms with Crippen molar-refractivity contribution in [3.8, 4) is 11.5 Å². The fraction of sp³-hybridized carbons (Fsp3) is 0.286. The summed E-state index contributed by atoms with van der Waals surface area (Å²) < 4.78 is 10.4. The quantitative estimate of drug-likeness (QED) is 0.835. The van der Waals surface area contributed by atoms with E-state index in [9.17, 15) is 4.79 Å². The zero-order valence-electron chi connectivity index (χ0n) is 11.5. The van der Waals surface area contributed by atoms with Crippen LogP contribution < -0.4 is 14.8 Å². The molecule has 1 aromatic heterocycles. The Labute approximate surface area is 117 Å². The van der Waals surface area contributed by atoms with E-state index < -0.39 is 0 Å². The average molecular weight is 275 g/mol. The van der Waals surface area contributed by atoms with E-state index in [-0.39, 0.29) is 5.91 Å². The highest BCUT2D eigenvalue weighted by Gasteiger charge is 2.17. The van der Waals surface area contributed by atoms with E-state index in [4.69, 9.17) is 9.47 Å². The molecule has 0 bridgehead atoms. The summed E-state index contributed by atoms with van der Waals surface area (Å²) in [5, 5.41) is 2.83. The molecule has 2 N–H and O–H groups in total. The number of nitrogens with zero attached hydrogens (tertiary/aromatic N) is 1. The molecule has 0 saturated heterocycles. The summed E-state index contributed by atoms with van der Waals surface area (Å²) in [7, 11) is 3.04. The number of hydrogen-bond acceptors (Lipinski definition) is 4. The number of aromatic nitrogens is 2. The van der Waals surface area contributed by atoms with Crippen LogP contribution in [0.15, 0.2) is 30.6 Å². The molecule has 0 aliphatic rings. The predicted molar refractivity (Wildman–Crippen MR) is 74.2 cm³/mol. The van der Waals surface area contributed by atoms with Crippen molar-refractivity contribution in [2.24, 2.45) is 0 Å². The van der Waals surface area contributed by atoms with Crippen molar-refractivity contribution in [2.75, 3.05) is 20.8 Å². The molecule has 0 radical (unpaired) electrons. The first-order valence-corrected chi connectivity index (χ1v) is 6.23. The van der Waals surface area contributed by atoms with Gasteiger partial charge in [0, 0.05) is 25.4 Å². The SMILES string of the molecule is COc1cccc(OC)c1C(=O)NCCc1ncc[nH]1. The second-order valence-corrected chi connectivity index (χ2v) is 4.08. The van der Waals surface area contributed by atoms with E-state index in [1.165, 1.54) is 14.2 Å². The largest absolute Gasteiger partial charge is 0.496 e. The van der Waals surface area contributed by atoms with Gasteiger partial charge in [-0.25, -0.2) is 4.98 Å². The van der Waals surface area contributed by atoms with Crippen LogP contribution >= 0.6 is 0 Å². The Kier molecular flexibility index (Phi) is 4.60. The summed E-state index contributed by atoms with van der Waals surface area (Å²) in [6.07, 6.45) is 4.07. The Morgan fingerprint density at radius 1 is 1.30 bits per heavy atom. The first kappa shape index (κ1) is 13.9. The van der Waals surface area contributed by atoms with Crippen molar-refractivity contribution in [1.82, 2.24) is 15.3 Å². The molecule has 1 heterocycles. The van der Waals surface area contributed by atoms with Crippen molar-refractivity contribution in [3.63, 3.8) is 0 Å². The third kappa shape index (κ3) is 3.09. The topological polar surface area (TPSA) is 76.2 Å². The van der Waals surface area contributed by atoms with Crippen LogP contribution in [-0.4, -0.2) is 36.6 Å². The lowest BCUT2D eigenvalue weighted by atomic mass is 10.1. The van der Waals surface area contributed by atoms with E-state index in [1.807, 2.05) is 0 Å². The molecule has 1 aromatic carbocycles.